The molecule has 0 spiro atoms. The monoisotopic (exact) mass is 295 g/mol. The zero-order valence-electron chi connectivity index (χ0n) is 12.5. The van der Waals surface area contributed by atoms with Crippen molar-refractivity contribution in [3.05, 3.63) is 59.9 Å². The predicted molar refractivity (Wildman–Crippen MR) is 83.9 cm³/mol. The van der Waals surface area contributed by atoms with Crippen LogP contribution in [-0.4, -0.2) is 22.3 Å². The van der Waals surface area contributed by atoms with Crippen LogP contribution >= 0.6 is 0 Å². The second-order valence-electron chi connectivity index (χ2n) is 4.94. The van der Waals surface area contributed by atoms with Gasteiger partial charge in [-0.3, -0.25) is 5.10 Å². The van der Waals surface area contributed by atoms with Gasteiger partial charge >= 0.3 is 0 Å². The van der Waals surface area contributed by atoms with Gasteiger partial charge in [-0.25, -0.2) is 4.98 Å². The van der Waals surface area contributed by atoms with Gasteiger partial charge in [-0.05, 0) is 31.2 Å². The van der Waals surface area contributed by atoms with Crippen molar-refractivity contribution in [2.45, 2.75) is 13.5 Å². The number of nitrogens with one attached hydrogen (secondary N) is 1. The standard InChI is InChI=1S/C17H17N3O2/c1-12-3-5-13(6-4-12)17-18-16(19-20-17)11-22-15-9-7-14(21-2)8-10-15/h3-10H,11H2,1-2H3,(H,18,19,20). The van der Waals surface area contributed by atoms with Gasteiger partial charge in [0, 0.05) is 5.56 Å². The van der Waals surface area contributed by atoms with Crippen LogP contribution in [0.25, 0.3) is 11.4 Å². The van der Waals surface area contributed by atoms with Crippen LogP contribution in [-0.2, 0) is 6.61 Å². The maximum Gasteiger partial charge on any atom is 0.181 e. The summed E-state index contributed by atoms with van der Waals surface area (Å²) in [7, 11) is 1.64. The average molecular weight is 295 g/mol. The number of benzene rings is 2. The number of hydrogen-bond acceptors (Lipinski definition) is 4. The molecular weight excluding hydrogens is 278 g/mol. The second kappa shape index (κ2) is 6.30. The highest BCUT2D eigenvalue weighted by atomic mass is 16.5. The Morgan fingerprint density at radius 1 is 0.955 bits per heavy atom. The van der Waals surface area contributed by atoms with E-state index in [4.69, 9.17) is 9.47 Å². The minimum absolute atomic E-state index is 0.338. The summed E-state index contributed by atoms with van der Waals surface area (Å²) in [5.41, 5.74) is 2.19. The van der Waals surface area contributed by atoms with Crippen LogP contribution in [0, 0.1) is 6.92 Å². The Morgan fingerprint density at radius 2 is 1.64 bits per heavy atom. The molecule has 0 aliphatic rings. The van der Waals surface area contributed by atoms with Gasteiger partial charge in [0.2, 0.25) is 0 Å². The van der Waals surface area contributed by atoms with Crippen molar-refractivity contribution in [3.63, 3.8) is 0 Å². The molecule has 22 heavy (non-hydrogen) atoms. The third-order valence-corrected chi connectivity index (χ3v) is 3.28. The van der Waals surface area contributed by atoms with Gasteiger partial charge in [-0.2, -0.15) is 5.10 Å². The number of ether oxygens (including phenoxy) is 2. The molecule has 0 aliphatic carbocycles. The lowest BCUT2D eigenvalue weighted by molar-refractivity contribution is 0.296. The van der Waals surface area contributed by atoms with Gasteiger partial charge in [-0.1, -0.05) is 29.8 Å². The number of nitrogens with zero attached hydrogens (tertiary/aromatic N) is 2. The number of hydrogen-bond donors (Lipinski definition) is 1. The topological polar surface area (TPSA) is 60.0 Å². The number of aromatic nitrogens is 3. The highest BCUT2D eigenvalue weighted by Gasteiger charge is 2.06. The van der Waals surface area contributed by atoms with E-state index in [0.29, 0.717) is 18.3 Å². The van der Waals surface area contributed by atoms with Crippen LogP contribution in [0.1, 0.15) is 11.4 Å². The first-order chi connectivity index (χ1) is 10.7. The minimum Gasteiger partial charge on any atom is -0.497 e. The quantitative estimate of drug-likeness (QED) is 0.784. The molecule has 0 fully saturated rings. The van der Waals surface area contributed by atoms with E-state index in [0.717, 1.165) is 17.1 Å². The zero-order chi connectivity index (χ0) is 15.4. The highest BCUT2D eigenvalue weighted by Crippen LogP contribution is 2.19. The molecule has 0 radical (unpaired) electrons. The Morgan fingerprint density at radius 3 is 2.32 bits per heavy atom. The molecule has 1 heterocycles. The minimum atomic E-state index is 0.338. The molecule has 5 heteroatoms. The van der Waals surface area contributed by atoms with E-state index in [9.17, 15) is 0 Å². The van der Waals surface area contributed by atoms with Crippen molar-refractivity contribution in [1.82, 2.24) is 15.2 Å². The van der Waals surface area contributed by atoms with Gasteiger partial charge < -0.3 is 9.47 Å². The second-order valence-corrected chi connectivity index (χ2v) is 4.94. The van der Waals surface area contributed by atoms with Crippen molar-refractivity contribution in [3.8, 4) is 22.9 Å². The Balaban J connectivity index is 1.65. The number of methoxy groups -OCH3 is 1. The lowest BCUT2D eigenvalue weighted by atomic mass is 10.1. The van der Waals surface area contributed by atoms with Crippen molar-refractivity contribution >= 4 is 0 Å². The Kier molecular flexibility index (Phi) is 4.05. The van der Waals surface area contributed by atoms with E-state index in [-0.39, 0.29) is 0 Å². The molecule has 0 saturated heterocycles. The zero-order valence-corrected chi connectivity index (χ0v) is 12.5. The molecule has 2 aromatic carbocycles. The number of rotatable bonds is 5. The molecule has 112 valence electrons. The molecule has 0 aliphatic heterocycles. The van der Waals surface area contributed by atoms with Gasteiger partial charge in [0.05, 0.1) is 7.11 Å². The Hall–Kier alpha value is -2.82. The molecule has 0 amide bonds. The molecule has 0 unspecified atom stereocenters. The molecule has 5 nitrogen and oxygen atoms in total. The Bertz CT molecular complexity index is 733. The lowest BCUT2D eigenvalue weighted by Gasteiger charge is -2.04. The van der Waals surface area contributed by atoms with Crippen LogP contribution in [0.5, 0.6) is 11.5 Å². The van der Waals surface area contributed by atoms with E-state index in [1.807, 2.05) is 48.5 Å². The van der Waals surface area contributed by atoms with Gasteiger partial charge in [0.1, 0.15) is 18.1 Å². The maximum atomic E-state index is 5.67. The first-order valence-electron chi connectivity index (χ1n) is 7.00. The first-order valence-corrected chi connectivity index (χ1v) is 7.00. The highest BCUT2D eigenvalue weighted by molar-refractivity contribution is 5.54. The van der Waals surface area contributed by atoms with Crippen molar-refractivity contribution in [2.75, 3.05) is 7.11 Å². The van der Waals surface area contributed by atoms with Crippen LogP contribution in [0.4, 0.5) is 0 Å². The molecule has 1 aromatic heterocycles. The van der Waals surface area contributed by atoms with Gasteiger partial charge in [-0.15, -0.1) is 0 Å². The van der Waals surface area contributed by atoms with Crippen molar-refractivity contribution < 1.29 is 9.47 Å². The molecule has 0 saturated carbocycles. The van der Waals surface area contributed by atoms with Crippen LogP contribution < -0.4 is 9.47 Å². The predicted octanol–water partition coefficient (Wildman–Crippen LogP) is 3.37. The summed E-state index contributed by atoms with van der Waals surface area (Å²) in [6.07, 6.45) is 0. The fourth-order valence-corrected chi connectivity index (χ4v) is 2.02. The number of H-pyrrole nitrogens is 1. The van der Waals surface area contributed by atoms with E-state index < -0.39 is 0 Å². The first kappa shape index (κ1) is 14.1. The summed E-state index contributed by atoms with van der Waals surface area (Å²) in [6, 6.07) is 15.5. The molecule has 1 N–H and O–H groups in total. The summed E-state index contributed by atoms with van der Waals surface area (Å²) in [5.74, 6) is 2.92. The summed E-state index contributed by atoms with van der Waals surface area (Å²) in [5, 5.41) is 7.12. The SMILES string of the molecule is COc1ccc(OCc2nc(-c3ccc(C)cc3)n[nH]2)cc1. The van der Waals surface area contributed by atoms with E-state index in [1.54, 1.807) is 7.11 Å². The molecule has 3 aromatic rings. The molecule has 3 rings (SSSR count). The molecule has 0 atom stereocenters. The summed E-state index contributed by atoms with van der Waals surface area (Å²) in [4.78, 5) is 4.44. The van der Waals surface area contributed by atoms with Gasteiger partial charge in [0.25, 0.3) is 0 Å². The summed E-state index contributed by atoms with van der Waals surface area (Å²) in [6.45, 7) is 2.39. The normalized spacial score (nSPS) is 10.5. The van der Waals surface area contributed by atoms with Crippen molar-refractivity contribution in [2.24, 2.45) is 0 Å². The van der Waals surface area contributed by atoms with Crippen LogP contribution in [0.3, 0.4) is 0 Å². The van der Waals surface area contributed by atoms with Crippen LogP contribution in [0.15, 0.2) is 48.5 Å². The average Bonchev–Trinajstić information content (AvgIpc) is 3.03. The third kappa shape index (κ3) is 3.25. The smallest absolute Gasteiger partial charge is 0.181 e. The largest absolute Gasteiger partial charge is 0.497 e. The number of aromatic amines is 1. The van der Waals surface area contributed by atoms with Gasteiger partial charge in [0.15, 0.2) is 11.6 Å². The van der Waals surface area contributed by atoms with Crippen molar-refractivity contribution in [1.29, 1.82) is 0 Å². The molecule has 0 bridgehead atoms. The molecular formula is C17H17N3O2. The number of aryl methyl sites for hydroxylation is 1. The van der Waals surface area contributed by atoms with E-state index >= 15 is 0 Å². The fraction of sp³-hybridized carbons (Fsp3) is 0.176. The maximum absolute atomic E-state index is 5.67. The lowest BCUT2D eigenvalue weighted by Crippen LogP contribution is -1.97. The van der Waals surface area contributed by atoms with Crippen LogP contribution in [0.2, 0.25) is 0 Å². The van der Waals surface area contributed by atoms with E-state index in [1.165, 1.54) is 5.56 Å². The fourth-order valence-electron chi connectivity index (χ4n) is 2.02. The third-order valence-electron chi connectivity index (χ3n) is 3.28. The van der Waals surface area contributed by atoms with E-state index in [2.05, 4.69) is 22.1 Å². The Labute approximate surface area is 128 Å². The summed E-state index contributed by atoms with van der Waals surface area (Å²) >= 11 is 0. The summed E-state index contributed by atoms with van der Waals surface area (Å²) < 4.78 is 10.8.